The zero-order chi connectivity index (χ0) is 15.2. The van der Waals surface area contributed by atoms with Crippen LogP contribution in [0.3, 0.4) is 0 Å². The highest BCUT2D eigenvalue weighted by atomic mass is 35.5. The number of hydrogen-bond acceptors (Lipinski definition) is 3. The van der Waals surface area contributed by atoms with Crippen molar-refractivity contribution < 1.29 is 14.3 Å². The average Bonchev–Trinajstić information content (AvgIpc) is 2.88. The lowest BCUT2D eigenvalue weighted by Crippen LogP contribution is -2.11. The van der Waals surface area contributed by atoms with E-state index < -0.39 is 5.82 Å². The zero-order valence-corrected chi connectivity index (χ0v) is 12.4. The molecule has 0 radical (unpaired) electrons. The lowest BCUT2D eigenvalue weighted by molar-refractivity contribution is 0.103. The molecule has 0 saturated heterocycles. The van der Waals surface area contributed by atoms with Crippen LogP contribution in [0.25, 0.3) is 0 Å². The van der Waals surface area contributed by atoms with E-state index in [2.05, 4.69) is 17.2 Å². The number of aliphatic hydroxyl groups is 1. The molecule has 0 aliphatic rings. The van der Waals surface area contributed by atoms with Crippen LogP contribution >= 0.6 is 22.9 Å². The Morgan fingerprint density at radius 1 is 1.38 bits per heavy atom. The maximum atomic E-state index is 13.3. The van der Waals surface area contributed by atoms with Crippen molar-refractivity contribution in [1.82, 2.24) is 0 Å². The van der Waals surface area contributed by atoms with Crippen molar-refractivity contribution in [3.8, 4) is 11.8 Å². The first-order chi connectivity index (χ1) is 10.1. The molecule has 0 fully saturated rings. The SMILES string of the molecule is O=C(Nc1ccc(F)cc1C#CCCO)c1ccc(Cl)s1. The fourth-order valence-electron chi connectivity index (χ4n) is 1.56. The van der Waals surface area contributed by atoms with Gasteiger partial charge in [0, 0.05) is 6.42 Å². The molecule has 21 heavy (non-hydrogen) atoms. The minimum atomic E-state index is -0.444. The third kappa shape index (κ3) is 4.30. The van der Waals surface area contributed by atoms with Gasteiger partial charge in [0.15, 0.2) is 0 Å². The summed E-state index contributed by atoms with van der Waals surface area (Å²) in [5.41, 5.74) is 0.774. The molecule has 3 nitrogen and oxygen atoms in total. The van der Waals surface area contributed by atoms with Crippen LogP contribution in [-0.2, 0) is 0 Å². The standard InChI is InChI=1S/C15H11ClFNO2S/c16-14-7-6-13(21-14)15(20)18-12-5-4-11(17)9-10(12)3-1-2-8-19/h4-7,9,19H,2,8H2,(H,18,20). The van der Waals surface area contributed by atoms with Crippen molar-refractivity contribution in [3.63, 3.8) is 0 Å². The number of hydrogen-bond donors (Lipinski definition) is 2. The number of anilines is 1. The van der Waals surface area contributed by atoms with Crippen molar-refractivity contribution in [2.24, 2.45) is 0 Å². The number of thiophene rings is 1. The molecule has 0 aliphatic carbocycles. The van der Waals surface area contributed by atoms with Gasteiger partial charge in [-0.1, -0.05) is 23.4 Å². The fraction of sp³-hybridized carbons (Fsp3) is 0.133. The average molecular weight is 324 g/mol. The van der Waals surface area contributed by atoms with Gasteiger partial charge < -0.3 is 10.4 Å². The van der Waals surface area contributed by atoms with Crippen molar-refractivity contribution in [2.45, 2.75) is 6.42 Å². The number of benzene rings is 1. The summed E-state index contributed by atoms with van der Waals surface area (Å²) >= 11 is 6.94. The fourth-order valence-corrected chi connectivity index (χ4v) is 2.50. The van der Waals surface area contributed by atoms with Crippen LogP contribution in [0.15, 0.2) is 30.3 Å². The van der Waals surface area contributed by atoms with Crippen LogP contribution in [0.1, 0.15) is 21.7 Å². The number of aliphatic hydroxyl groups excluding tert-OH is 1. The van der Waals surface area contributed by atoms with E-state index in [4.69, 9.17) is 16.7 Å². The molecule has 1 amide bonds. The predicted octanol–water partition coefficient (Wildman–Crippen LogP) is 3.53. The number of carbonyl (C=O) groups is 1. The number of carbonyl (C=O) groups excluding carboxylic acids is 1. The summed E-state index contributed by atoms with van der Waals surface area (Å²) in [5.74, 6) is 4.66. The second kappa shape index (κ2) is 7.23. The Kier molecular flexibility index (Phi) is 5.34. The molecule has 2 N–H and O–H groups in total. The maximum Gasteiger partial charge on any atom is 0.265 e. The molecule has 0 atom stereocenters. The van der Waals surface area contributed by atoms with Gasteiger partial charge in [-0.05, 0) is 30.3 Å². The molecule has 2 rings (SSSR count). The Bertz CT molecular complexity index is 718. The summed E-state index contributed by atoms with van der Waals surface area (Å²) in [5, 5.41) is 11.4. The Balaban J connectivity index is 2.23. The van der Waals surface area contributed by atoms with Crippen LogP contribution in [0, 0.1) is 17.7 Å². The molecule has 0 unspecified atom stereocenters. The van der Waals surface area contributed by atoms with Crippen molar-refractivity contribution in [2.75, 3.05) is 11.9 Å². The number of rotatable bonds is 3. The van der Waals surface area contributed by atoms with Gasteiger partial charge in [-0.2, -0.15) is 0 Å². The maximum absolute atomic E-state index is 13.3. The van der Waals surface area contributed by atoms with E-state index in [9.17, 15) is 9.18 Å². The molecule has 6 heteroatoms. The highest BCUT2D eigenvalue weighted by Crippen LogP contribution is 2.23. The first-order valence-electron chi connectivity index (χ1n) is 6.06. The molecular formula is C15H11ClFNO2S. The van der Waals surface area contributed by atoms with Crippen LogP contribution in [0.4, 0.5) is 10.1 Å². The first-order valence-corrected chi connectivity index (χ1v) is 7.25. The predicted molar refractivity (Wildman–Crippen MR) is 82.3 cm³/mol. The van der Waals surface area contributed by atoms with Crippen molar-refractivity contribution >= 4 is 34.5 Å². The van der Waals surface area contributed by atoms with E-state index in [1.165, 1.54) is 18.2 Å². The van der Waals surface area contributed by atoms with Gasteiger partial charge >= 0.3 is 0 Å². The summed E-state index contributed by atoms with van der Waals surface area (Å²) in [4.78, 5) is 12.5. The highest BCUT2D eigenvalue weighted by Gasteiger charge is 2.11. The van der Waals surface area contributed by atoms with Crippen LogP contribution in [0.5, 0.6) is 0 Å². The van der Waals surface area contributed by atoms with E-state index >= 15 is 0 Å². The molecule has 1 aromatic heterocycles. The topological polar surface area (TPSA) is 49.3 Å². The minimum Gasteiger partial charge on any atom is -0.395 e. The number of amides is 1. The van der Waals surface area contributed by atoms with Crippen LogP contribution < -0.4 is 5.32 Å². The second-order valence-corrected chi connectivity index (χ2v) is 5.74. The molecular weight excluding hydrogens is 313 g/mol. The molecule has 108 valence electrons. The Labute approximate surface area is 130 Å². The Morgan fingerprint density at radius 3 is 2.86 bits per heavy atom. The summed E-state index contributed by atoms with van der Waals surface area (Å²) < 4.78 is 13.8. The zero-order valence-electron chi connectivity index (χ0n) is 10.8. The number of halogens is 2. The molecule has 0 aliphatic heterocycles. The second-order valence-electron chi connectivity index (χ2n) is 4.02. The third-order valence-electron chi connectivity index (χ3n) is 2.49. The van der Waals surface area contributed by atoms with Gasteiger partial charge in [0.1, 0.15) is 5.82 Å². The Morgan fingerprint density at radius 2 is 2.19 bits per heavy atom. The molecule has 2 aromatic rings. The monoisotopic (exact) mass is 323 g/mol. The van der Waals surface area contributed by atoms with E-state index in [-0.39, 0.29) is 18.9 Å². The van der Waals surface area contributed by atoms with Gasteiger partial charge in [0.25, 0.3) is 5.91 Å². The van der Waals surface area contributed by atoms with E-state index in [1.54, 1.807) is 12.1 Å². The molecule has 0 spiro atoms. The first kappa shape index (κ1) is 15.5. The van der Waals surface area contributed by atoms with Gasteiger partial charge in [0.2, 0.25) is 0 Å². The van der Waals surface area contributed by atoms with Gasteiger partial charge in [-0.15, -0.1) is 11.3 Å². The van der Waals surface area contributed by atoms with Crippen LogP contribution in [0.2, 0.25) is 4.34 Å². The van der Waals surface area contributed by atoms with E-state index in [0.717, 1.165) is 11.3 Å². The summed E-state index contributed by atoms with van der Waals surface area (Å²) in [7, 11) is 0. The number of nitrogens with one attached hydrogen (secondary N) is 1. The molecule has 0 bridgehead atoms. The lowest BCUT2D eigenvalue weighted by Gasteiger charge is -2.06. The summed E-state index contributed by atoms with van der Waals surface area (Å²) in [6, 6.07) is 7.18. The molecule has 1 heterocycles. The third-order valence-corrected chi connectivity index (χ3v) is 3.72. The largest absolute Gasteiger partial charge is 0.395 e. The van der Waals surface area contributed by atoms with E-state index in [0.29, 0.717) is 20.5 Å². The molecule has 0 saturated carbocycles. The smallest absolute Gasteiger partial charge is 0.265 e. The van der Waals surface area contributed by atoms with Crippen molar-refractivity contribution in [1.29, 1.82) is 0 Å². The van der Waals surface area contributed by atoms with Crippen LogP contribution in [-0.4, -0.2) is 17.6 Å². The van der Waals surface area contributed by atoms with Gasteiger partial charge in [-0.25, -0.2) is 4.39 Å². The normalized spacial score (nSPS) is 9.86. The van der Waals surface area contributed by atoms with E-state index in [1.807, 2.05) is 0 Å². The molecule has 1 aromatic carbocycles. The van der Waals surface area contributed by atoms with Gasteiger partial charge in [0.05, 0.1) is 27.1 Å². The lowest BCUT2D eigenvalue weighted by atomic mass is 10.1. The quantitative estimate of drug-likeness (QED) is 0.849. The van der Waals surface area contributed by atoms with Gasteiger partial charge in [-0.3, -0.25) is 4.79 Å². The minimum absolute atomic E-state index is 0.0717. The summed E-state index contributed by atoms with van der Waals surface area (Å²) in [6.45, 7) is -0.0717. The highest BCUT2D eigenvalue weighted by molar-refractivity contribution is 7.18. The summed E-state index contributed by atoms with van der Waals surface area (Å²) in [6.07, 6.45) is 0.282. The van der Waals surface area contributed by atoms with Crippen molar-refractivity contribution in [3.05, 3.63) is 50.9 Å². The Hall–Kier alpha value is -1.87.